The van der Waals surface area contributed by atoms with Gasteiger partial charge in [-0.1, -0.05) is 24.4 Å². The van der Waals surface area contributed by atoms with E-state index in [0.29, 0.717) is 17.1 Å². The van der Waals surface area contributed by atoms with Crippen LogP contribution in [0.2, 0.25) is 0 Å². The minimum absolute atomic E-state index is 0.445. The van der Waals surface area contributed by atoms with Gasteiger partial charge < -0.3 is 16.8 Å². The number of carbonyl (C=O) groups excluding carboxylic acids is 1. The SMILES string of the molecule is NC(=O)Nc1ccc(CC(N)=S)cc1. The van der Waals surface area contributed by atoms with Crippen LogP contribution in [0.5, 0.6) is 0 Å². The molecule has 14 heavy (non-hydrogen) atoms. The van der Waals surface area contributed by atoms with Crippen molar-refractivity contribution in [3.8, 4) is 0 Å². The maximum Gasteiger partial charge on any atom is 0.316 e. The van der Waals surface area contributed by atoms with Crippen LogP contribution in [-0.4, -0.2) is 11.0 Å². The molecule has 1 aromatic rings. The number of benzene rings is 1. The molecule has 0 aliphatic rings. The predicted octanol–water partition coefficient (Wildman–Crippen LogP) is 1.01. The number of rotatable bonds is 3. The molecule has 1 rings (SSSR count). The molecule has 0 atom stereocenters. The largest absolute Gasteiger partial charge is 0.393 e. The summed E-state index contributed by atoms with van der Waals surface area (Å²) in [6.45, 7) is 0. The molecule has 5 N–H and O–H groups in total. The highest BCUT2D eigenvalue weighted by Gasteiger charge is 1.97. The summed E-state index contributed by atoms with van der Waals surface area (Å²) in [4.78, 5) is 10.9. The highest BCUT2D eigenvalue weighted by Crippen LogP contribution is 2.09. The summed E-state index contributed by atoms with van der Waals surface area (Å²) in [5.74, 6) is 0. The first kappa shape index (κ1) is 10.5. The van der Waals surface area contributed by atoms with E-state index in [4.69, 9.17) is 23.7 Å². The Balaban J connectivity index is 2.68. The smallest absolute Gasteiger partial charge is 0.316 e. The number of urea groups is 1. The molecule has 0 unspecified atom stereocenters. The number of amides is 2. The third-order valence-corrected chi connectivity index (χ3v) is 1.74. The molecule has 0 aliphatic carbocycles. The van der Waals surface area contributed by atoms with Gasteiger partial charge in [-0.25, -0.2) is 4.79 Å². The normalized spacial score (nSPS) is 9.43. The van der Waals surface area contributed by atoms with Gasteiger partial charge in [0.15, 0.2) is 0 Å². The third kappa shape index (κ3) is 3.40. The lowest BCUT2D eigenvalue weighted by Crippen LogP contribution is -2.19. The van der Waals surface area contributed by atoms with Crippen molar-refractivity contribution in [2.24, 2.45) is 11.5 Å². The molecule has 1 aromatic carbocycles. The van der Waals surface area contributed by atoms with Gasteiger partial charge >= 0.3 is 6.03 Å². The highest BCUT2D eigenvalue weighted by molar-refractivity contribution is 7.80. The quantitative estimate of drug-likeness (QED) is 0.650. The van der Waals surface area contributed by atoms with Gasteiger partial charge in [0.2, 0.25) is 0 Å². The molecule has 0 aliphatic heterocycles. The van der Waals surface area contributed by atoms with Crippen molar-refractivity contribution in [2.75, 3.05) is 5.32 Å². The zero-order valence-corrected chi connectivity index (χ0v) is 8.30. The molecule has 4 nitrogen and oxygen atoms in total. The first-order chi connectivity index (χ1) is 6.58. The molecule has 0 heterocycles. The van der Waals surface area contributed by atoms with E-state index in [-0.39, 0.29) is 0 Å². The van der Waals surface area contributed by atoms with Crippen molar-refractivity contribution >= 4 is 28.9 Å². The van der Waals surface area contributed by atoms with Gasteiger partial charge in [-0.05, 0) is 17.7 Å². The molecule has 2 amide bonds. The Kier molecular flexibility index (Phi) is 3.41. The molecule has 0 saturated carbocycles. The van der Waals surface area contributed by atoms with Gasteiger partial charge in [-0.3, -0.25) is 0 Å². The lowest BCUT2D eigenvalue weighted by molar-refractivity contribution is 0.259. The minimum atomic E-state index is -0.577. The van der Waals surface area contributed by atoms with Crippen molar-refractivity contribution in [2.45, 2.75) is 6.42 Å². The maximum atomic E-state index is 10.5. The summed E-state index contributed by atoms with van der Waals surface area (Å²) in [7, 11) is 0. The molecule has 0 radical (unpaired) electrons. The number of nitrogens with two attached hydrogens (primary N) is 2. The average Bonchev–Trinajstić information content (AvgIpc) is 2.06. The Labute approximate surface area is 87.3 Å². The van der Waals surface area contributed by atoms with Crippen LogP contribution in [0, 0.1) is 0 Å². The molecule has 74 valence electrons. The van der Waals surface area contributed by atoms with E-state index in [0.717, 1.165) is 5.56 Å². The second-order valence-electron chi connectivity index (χ2n) is 2.83. The second kappa shape index (κ2) is 4.57. The molecule has 0 bridgehead atoms. The van der Waals surface area contributed by atoms with E-state index in [1.54, 1.807) is 12.1 Å². The van der Waals surface area contributed by atoms with Crippen LogP contribution in [0.1, 0.15) is 5.56 Å². The van der Waals surface area contributed by atoms with Gasteiger partial charge in [-0.15, -0.1) is 0 Å². The Morgan fingerprint density at radius 2 is 1.86 bits per heavy atom. The lowest BCUT2D eigenvalue weighted by atomic mass is 10.1. The van der Waals surface area contributed by atoms with E-state index in [2.05, 4.69) is 5.32 Å². The van der Waals surface area contributed by atoms with E-state index < -0.39 is 6.03 Å². The molecule has 0 aromatic heterocycles. The van der Waals surface area contributed by atoms with Crippen LogP contribution in [0.15, 0.2) is 24.3 Å². The Bertz CT molecular complexity index is 313. The monoisotopic (exact) mass is 209 g/mol. The summed E-state index contributed by atoms with van der Waals surface area (Å²) in [5, 5.41) is 2.46. The molecule has 5 heteroatoms. The van der Waals surface area contributed by atoms with Gasteiger partial charge in [0, 0.05) is 12.1 Å². The fourth-order valence-electron chi connectivity index (χ4n) is 1.05. The number of carbonyl (C=O) groups is 1. The van der Waals surface area contributed by atoms with Gasteiger partial charge in [0.25, 0.3) is 0 Å². The van der Waals surface area contributed by atoms with Crippen LogP contribution in [0.3, 0.4) is 0 Å². The lowest BCUT2D eigenvalue weighted by Gasteiger charge is -2.03. The van der Waals surface area contributed by atoms with Crippen LogP contribution in [0.4, 0.5) is 10.5 Å². The zero-order chi connectivity index (χ0) is 10.6. The third-order valence-electron chi connectivity index (χ3n) is 1.60. The first-order valence-corrected chi connectivity index (χ1v) is 4.42. The van der Waals surface area contributed by atoms with Crippen LogP contribution < -0.4 is 16.8 Å². The topological polar surface area (TPSA) is 81.1 Å². The Morgan fingerprint density at radius 3 is 2.29 bits per heavy atom. The van der Waals surface area contributed by atoms with E-state index >= 15 is 0 Å². The average molecular weight is 209 g/mol. The summed E-state index contributed by atoms with van der Waals surface area (Å²) >= 11 is 4.77. The number of nitrogens with one attached hydrogen (secondary N) is 1. The molecular weight excluding hydrogens is 198 g/mol. The van der Waals surface area contributed by atoms with Crippen molar-refractivity contribution in [3.63, 3.8) is 0 Å². The van der Waals surface area contributed by atoms with Crippen molar-refractivity contribution in [1.29, 1.82) is 0 Å². The minimum Gasteiger partial charge on any atom is -0.393 e. The Hall–Kier alpha value is -1.62. The van der Waals surface area contributed by atoms with Crippen LogP contribution >= 0.6 is 12.2 Å². The Morgan fingerprint density at radius 1 is 1.29 bits per heavy atom. The molecule has 0 saturated heterocycles. The van der Waals surface area contributed by atoms with Crippen LogP contribution in [-0.2, 0) is 6.42 Å². The van der Waals surface area contributed by atoms with Crippen molar-refractivity contribution in [3.05, 3.63) is 29.8 Å². The number of hydrogen-bond acceptors (Lipinski definition) is 2. The first-order valence-electron chi connectivity index (χ1n) is 4.01. The number of hydrogen-bond donors (Lipinski definition) is 3. The fourth-order valence-corrected chi connectivity index (χ4v) is 1.22. The standard InChI is InChI=1S/C9H11N3OS/c10-8(14)5-6-1-3-7(4-2-6)12-9(11)13/h1-4H,5H2,(H2,10,14)(H3,11,12,13). The van der Waals surface area contributed by atoms with Crippen molar-refractivity contribution in [1.82, 2.24) is 0 Å². The zero-order valence-electron chi connectivity index (χ0n) is 7.49. The van der Waals surface area contributed by atoms with E-state index in [1.165, 1.54) is 0 Å². The predicted molar refractivity (Wildman–Crippen MR) is 60.1 cm³/mol. The van der Waals surface area contributed by atoms with E-state index in [1.807, 2.05) is 12.1 Å². The van der Waals surface area contributed by atoms with Crippen LogP contribution in [0.25, 0.3) is 0 Å². The van der Waals surface area contributed by atoms with Gasteiger partial charge in [-0.2, -0.15) is 0 Å². The molecule has 0 spiro atoms. The van der Waals surface area contributed by atoms with Crippen molar-refractivity contribution < 1.29 is 4.79 Å². The van der Waals surface area contributed by atoms with Gasteiger partial charge in [0.1, 0.15) is 0 Å². The summed E-state index contributed by atoms with van der Waals surface area (Å²) in [5.41, 5.74) is 12.0. The fraction of sp³-hybridized carbons (Fsp3) is 0.111. The molecule has 0 fully saturated rings. The highest BCUT2D eigenvalue weighted by atomic mass is 32.1. The van der Waals surface area contributed by atoms with Gasteiger partial charge in [0.05, 0.1) is 4.99 Å². The number of thiocarbonyl (C=S) groups is 1. The maximum absolute atomic E-state index is 10.5. The van der Waals surface area contributed by atoms with E-state index in [9.17, 15) is 4.79 Å². The second-order valence-corrected chi connectivity index (χ2v) is 3.35. The molecular formula is C9H11N3OS. The number of primary amides is 1. The summed E-state index contributed by atoms with van der Waals surface area (Å²) < 4.78 is 0. The summed E-state index contributed by atoms with van der Waals surface area (Å²) in [6, 6.07) is 6.60. The number of anilines is 1. The summed E-state index contributed by atoms with van der Waals surface area (Å²) in [6.07, 6.45) is 0.562.